The molecule has 12 rings (SSSR count). The van der Waals surface area contributed by atoms with Crippen LogP contribution in [0.3, 0.4) is 0 Å². The Morgan fingerprint density at radius 1 is 0.771 bits per heavy atom. The average molecular weight is 1190 g/mol. The van der Waals surface area contributed by atoms with Gasteiger partial charge in [0.15, 0.2) is 5.60 Å². The molecular formula is C73H79BrF4O5. The van der Waals surface area contributed by atoms with Crippen LogP contribution in [0.5, 0.6) is 17.2 Å². The maximum absolute atomic E-state index is 14.8. The first-order valence-corrected chi connectivity index (χ1v) is 31.5. The third-order valence-corrected chi connectivity index (χ3v) is 21.8. The molecule has 3 fully saturated rings. The molecule has 10 heteroatoms. The number of carbonyl (C=O) groups excluding carboxylic acids is 1. The number of hydrogen-bond acceptors (Lipinski definition) is 5. The van der Waals surface area contributed by atoms with Gasteiger partial charge in [-0.3, -0.25) is 0 Å². The van der Waals surface area contributed by atoms with Crippen molar-refractivity contribution in [2.45, 2.75) is 162 Å². The predicted octanol–water partition coefficient (Wildman–Crippen LogP) is 21.2. The fourth-order valence-electron chi connectivity index (χ4n) is 17.0. The number of alkyl halides is 3. The third-order valence-electron chi connectivity index (χ3n) is 21.2. The Morgan fingerprint density at radius 3 is 2.20 bits per heavy atom. The summed E-state index contributed by atoms with van der Waals surface area (Å²) in [6.45, 7) is 19.3. The molecule has 0 radical (unpaired) electrons. The van der Waals surface area contributed by atoms with Crippen LogP contribution in [-0.4, -0.2) is 18.9 Å². The molecule has 9 atom stereocenters. The van der Waals surface area contributed by atoms with Crippen molar-refractivity contribution >= 4 is 38.9 Å². The van der Waals surface area contributed by atoms with Crippen LogP contribution in [0.1, 0.15) is 172 Å². The summed E-state index contributed by atoms with van der Waals surface area (Å²) in [7, 11) is 0. The first-order chi connectivity index (χ1) is 39.6. The molecule has 1 aliphatic heterocycles. The largest absolute Gasteiger partial charge is 0.514 e. The molecule has 5 nitrogen and oxygen atoms in total. The standard InChI is InChI=1S/C73H79BrF4O5/c1-9-10-38-80-52-26-18-48(19-27-52)72(47-16-22-51(75)23-17-47)37-33-57-66-64(55-28-21-50(73(76,77)78)42-58(55)67(57)83-72)59-39-46(40-63(74)65(59)69(66,5)6)45-14-24-53(25-15-45)81-68(79)82-54-32-35-70(7)49(41-54)20-29-56-61-31-30-60(44(4)13-11-12-43(2)3)71(61,8)36-34-62(56)70/h14-28,33,37,39-40,42-44,54,56,60-62H,9-13,29-32,34-36,38,41H2,1-8H3. The number of unbranched alkanes of at least 4 members (excludes halogenated alkanes) is 1. The molecule has 0 bridgehead atoms. The SMILES string of the molecule is CCCCOc1ccc(C2(c3ccc(F)cc3)C=Cc3c4c(c5ccc(C(F)(F)F)cc5c3O2)-c2cc(-c3ccc(OC(=O)OC5CCC6(C)C(=CCC7C6CCC6(C)C(C(C)CCCC(C)C)CCC76)C5)cc3)cc(Br)c2C4(C)C)cc1. The minimum atomic E-state index is -4.63. The zero-order valence-electron chi connectivity index (χ0n) is 49.4. The van der Waals surface area contributed by atoms with Crippen molar-refractivity contribution in [3.05, 3.63) is 165 Å². The molecule has 0 amide bonds. The van der Waals surface area contributed by atoms with E-state index in [1.54, 1.807) is 30.3 Å². The van der Waals surface area contributed by atoms with Crippen molar-refractivity contribution in [1.82, 2.24) is 0 Å². The predicted molar refractivity (Wildman–Crippen MR) is 327 cm³/mol. The maximum Gasteiger partial charge on any atom is 0.514 e. The molecular weight excluding hydrogens is 1110 g/mol. The van der Waals surface area contributed by atoms with Gasteiger partial charge in [-0.2, -0.15) is 13.2 Å². The molecule has 3 saturated carbocycles. The van der Waals surface area contributed by atoms with E-state index in [1.165, 1.54) is 68.7 Å². The summed E-state index contributed by atoms with van der Waals surface area (Å²) >= 11 is 3.97. The lowest BCUT2D eigenvalue weighted by Crippen LogP contribution is -2.51. The van der Waals surface area contributed by atoms with E-state index >= 15 is 0 Å². The lowest BCUT2D eigenvalue weighted by atomic mass is 9.47. The Morgan fingerprint density at radius 2 is 1.49 bits per heavy atom. The summed E-state index contributed by atoms with van der Waals surface area (Å²) in [6.07, 6.45) is 15.9. The second-order valence-electron chi connectivity index (χ2n) is 26.8. The molecule has 6 aliphatic rings. The quantitative estimate of drug-likeness (QED) is 0.0358. The monoisotopic (exact) mass is 1190 g/mol. The van der Waals surface area contributed by atoms with Crippen molar-refractivity contribution in [3.63, 3.8) is 0 Å². The van der Waals surface area contributed by atoms with Crippen LogP contribution in [0.25, 0.3) is 39.1 Å². The number of allylic oxidation sites excluding steroid dienone is 1. The lowest BCUT2D eigenvalue weighted by molar-refractivity contribution is -0.137. The van der Waals surface area contributed by atoms with Gasteiger partial charge in [-0.15, -0.1) is 0 Å². The van der Waals surface area contributed by atoms with E-state index in [0.29, 0.717) is 62.7 Å². The molecule has 6 aromatic rings. The van der Waals surface area contributed by atoms with Gasteiger partial charge in [-0.05, 0) is 203 Å². The van der Waals surface area contributed by atoms with Crippen molar-refractivity contribution in [1.29, 1.82) is 0 Å². The van der Waals surface area contributed by atoms with Crippen molar-refractivity contribution in [2.75, 3.05) is 6.61 Å². The van der Waals surface area contributed by atoms with E-state index in [9.17, 15) is 22.4 Å². The highest BCUT2D eigenvalue weighted by Crippen LogP contribution is 2.68. The van der Waals surface area contributed by atoms with E-state index in [2.05, 4.69) is 89.5 Å². The van der Waals surface area contributed by atoms with Crippen LogP contribution >= 0.6 is 15.9 Å². The van der Waals surface area contributed by atoms with Crippen molar-refractivity contribution in [3.8, 4) is 39.5 Å². The Kier molecular flexibility index (Phi) is 15.2. The molecule has 0 aromatic heterocycles. The molecule has 9 unspecified atom stereocenters. The maximum atomic E-state index is 14.8. The molecule has 0 saturated heterocycles. The first kappa shape index (κ1) is 57.6. The number of hydrogen-bond donors (Lipinski definition) is 0. The average Bonchev–Trinajstić information content (AvgIpc) is 1.77. The van der Waals surface area contributed by atoms with E-state index in [4.69, 9.17) is 18.9 Å². The molecule has 83 heavy (non-hydrogen) atoms. The van der Waals surface area contributed by atoms with Gasteiger partial charge in [-0.25, -0.2) is 9.18 Å². The Hall–Kier alpha value is -5.87. The van der Waals surface area contributed by atoms with Crippen LogP contribution in [0, 0.1) is 52.2 Å². The summed E-state index contributed by atoms with van der Waals surface area (Å²) < 4.78 is 85.1. The number of carbonyl (C=O) groups is 1. The zero-order valence-corrected chi connectivity index (χ0v) is 51.0. The summed E-state index contributed by atoms with van der Waals surface area (Å²) in [4.78, 5) is 13.6. The van der Waals surface area contributed by atoms with E-state index < -0.39 is 34.7 Å². The fraction of sp³-hybridized carbons (Fsp3) is 0.466. The van der Waals surface area contributed by atoms with Crippen LogP contribution < -0.4 is 14.2 Å². The molecule has 6 aromatic carbocycles. The van der Waals surface area contributed by atoms with E-state index in [-0.39, 0.29) is 11.5 Å². The fourth-order valence-corrected chi connectivity index (χ4v) is 18.0. The van der Waals surface area contributed by atoms with Crippen LogP contribution in [0.15, 0.2) is 125 Å². The normalized spacial score (nSPS) is 26.9. The Labute approximate surface area is 496 Å². The van der Waals surface area contributed by atoms with Gasteiger partial charge >= 0.3 is 12.3 Å². The Balaban J connectivity index is 0.793. The molecule has 0 spiro atoms. The summed E-state index contributed by atoms with van der Waals surface area (Å²) in [5.41, 5.74) is 6.57. The molecule has 5 aliphatic carbocycles. The minimum Gasteiger partial charge on any atom is -0.494 e. The topological polar surface area (TPSA) is 54.0 Å². The van der Waals surface area contributed by atoms with E-state index in [1.807, 2.05) is 48.6 Å². The smallest absolute Gasteiger partial charge is 0.494 e. The summed E-state index contributed by atoms with van der Waals surface area (Å²) in [6, 6.07) is 29.1. The van der Waals surface area contributed by atoms with Crippen molar-refractivity contribution < 1.29 is 41.3 Å². The first-order valence-electron chi connectivity index (χ1n) is 30.7. The highest BCUT2D eigenvalue weighted by atomic mass is 79.9. The number of fused-ring (bicyclic) bond motifs is 13. The number of halogens is 5. The van der Waals surface area contributed by atoms with Gasteiger partial charge in [0.05, 0.1) is 12.2 Å². The van der Waals surface area contributed by atoms with Gasteiger partial charge in [-0.1, -0.05) is 157 Å². The van der Waals surface area contributed by atoms with Crippen LogP contribution in [-0.2, 0) is 21.9 Å². The number of benzene rings is 6. The van der Waals surface area contributed by atoms with Gasteiger partial charge in [0.1, 0.15) is 29.2 Å². The van der Waals surface area contributed by atoms with E-state index in [0.717, 1.165) is 112 Å². The highest BCUT2D eigenvalue weighted by molar-refractivity contribution is 9.10. The van der Waals surface area contributed by atoms with Crippen molar-refractivity contribution in [2.24, 2.45) is 46.3 Å². The number of ether oxygens (including phenoxy) is 4. The second-order valence-corrected chi connectivity index (χ2v) is 27.7. The van der Waals surface area contributed by atoms with Gasteiger partial charge in [0.25, 0.3) is 0 Å². The molecule has 0 N–H and O–H groups in total. The van der Waals surface area contributed by atoms with Crippen LogP contribution in [0.2, 0.25) is 0 Å². The number of rotatable bonds is 14. The van der Waals surface area contributed by atoms with Gasteiger partial charge < -0.3 is 18.9 Å². The summed E-state index contributed by atoms with van der Waals surface area (Å²) in [5.74, 6) is 5.53. The zero-order chi connectivity index (χ0) is 58.4. The van der Waals surface area contributed by atoms with Gasteiger partial charge in [0.2, 0.25) is 0 Å². The lowest BCUT2D eigenvalue weighted by Gasteiger charge is -2.58. The third kappa shape index (κ3) is 10.1. The minimum absolute atomic E-state index is 0.140. The highest BCUT2D eigenvalue weighted by Gasteiger charge is 2.59. The summed E-state index contributed by atoms with van der Waals surface area (Å²) in [5, 5.41) is 0.913. The van der Waals surface area contributed by atoms with Gasteiger partial charge in [0, 0.05) is 38.4 Å². The second kappa shape index (κ2) is 21.9. The Bertz CT molecular complexity index is 3510. The molecule has 436 valence electrons. The molecule has 1 heterocycles. The van der Waals surface area contributed by atoms with Crippen LogP contribution in [0.4, 0.5) is 22.4 Å².